The molecule has 0 bridgehead atoms. The predicted octanol–water partition coefficient (Wildman–Crippen LogP) is 6.61. The molecule has 1 saturated carbocycles. The van der Waals surface area contributed by atoms with E-state index in [1.54, 1.807) is 0 Å². The molecule has 0 spiro atoms. The van der Waals surface area contributed by atoms with Gasteiger partial charge in [-0.05, 0) is 74.2 Å². The van der Waals surface area contributed by atoms with Gasteiger partial charge in [-0.2, -0.15) is 13.2 Å². The Hall–Kier alpha value is -3.25. The van der Waals surface area contributed by atoms with Crippen molar-refractivity contribution in [3.8, 4) is 17.1 Å². The number of rotatable bonds is 6. The predicted molar refractivity (Wildman–Crippen MR) is 137 cm³/mol. The zero-order valence-corrected chi connectivity index (χ0v) is 21.6. The maximum Gasteiger partial charge on any atom is 0.573 e. The van der Waals surface area contributed by atoms with Gasteiger partial charge in [0.1, 0.15) is 11.3 Å². The zero-order chi connectivity index (χ0) is 28.5. The van der Waals surface area contributed by atoms with Crippen molar-refractivity contribution in [1.82, 2.24) is 10.3 Å². The highest BCUT2D eigenvalue weighted by Gasteiger charge is 2.44. The molecular weight excluding hydrogens is 538 g/mol. The Labute approximate surface area is 227 Å². The van der Waals surface area contributed by atoms with Crippen molar-refractivity contribution in [2.75, 3.05) is 18.0 Å². The van der Waals surface area contributed by atoms with Gasteiger partial charge in [-0.1, -0.05) is 12.8 Å². The number of aromatic nitrogens is 1. The average molecular weight is 569 g/mol. The van der Waals surface area contributed by atoms with Gasteiger partial charge in [-0.15, -0.1) is 13.2 Å². The number of halogens is 6. The van der Waals surface area contributed by atoms with Crippen LogP contribution in [0, 0.1) is 0 Å². The highest BCUT2D eigenvalue weighted by molar-refractivity contribution is 5.57. The minimum Gasteiger partial charge on any atom is -0.439 e. The largest absolute Gasteiger partial charge is 0.573 e. The summed E-state index contributed by atoms with van der Waals surface area (Å²) < 4.78 is 86.3. The molecule has 2 fully saturated rings. The third-order valence-electron chi connectivity index (χ3n) is 7.65. The van der Waals surface area contributed by atoms with Gasteiger partial charge in [0, 0.05) is 36.4 Å². The summed E-state index contributed by atoms with van der Waals surface area (Å²) in [7, 11) is 0. The van der Waals surface area contributed by atoms with Crippen LogP contribution in [0.15, 0.2) is 59.1 Å². The fourth-order valence-corrected chi connectivity index (χ4v) is 5.62. The number of hydrogen-bond donors (Lipinski definition) is 2. The third-order valence-corrected chi connectivity index (χ3v) is 7.65. The van der Waals surface area contributed by atoms with E-state index >= 15 is 0 Å². The van der Waals surface area contributed by atoms with Crippen LogP contribution in [0.25, 0.3) is 11.3 Å². The molecule has 3 aromatic rings. The molecule has 2 aliphatic rings. The number of ether oxygens (including phenoxy) is 1. The lowest BCUT2D eigenvalue weighted by Gasteiger charge is -2.43. The third kappa shape index (κ3) is 6.38. The summed E-state index contributed by atoms with van der Waals surface area (Å²) >= 11 is 0. The summed E-state index contributed by atoms with van der Waals surface area (Å²) in [5.74, 6) is 0.403. The lowest BCUT2D eigenvalue weighted by Crippen LogP contribution is -2.61. The van der Waals surface area contributed by atoms with Gasteiger partial charge in [0.05, 0.1) is 11.8 Å². The number of oxazole rings is 1. The number of nitrogens with two attached hydrogens (primary N) is 1. The summed E-state index contributed by atoms with van der Waals surface area (Å²) in [6.45, 7) is 1.37. The molecule has 12 heteroatoms. The Bertz CT molecular complexity index is 1280. The van der Waals surface area contributed by atoms with E-state index in [4.69, 9.17) is 10.2 Å². The monoisotopic (exact) mass is 568 g/mol. The minimum absolute atomic E-state index is 0.0673. The van der Waals surface area contributed by atoms with Crippen LogP contribution in [0.3, 0.4) is 0 Å². The van der Waals surface area contributed by atoms with Crippen LogP contribution in [0.2, 0.25) is 0 Å². The molecule has 0 radical (unpaired) electrons. The van der Waals surface area contributed by atoms with E-state index in [-0.39, 0.29) is 17.8 Å². The van der Waals surface area contributed by atoms with Gasteiger partial charge >= 0.3 is 12.5 Å². The van der Waals surface area contributed by atoms with Crippen molar-refractivity contribution >= 4 is 5.69 Å². The molecule has 3 unspecified atom stereocenters. The van der Waals surface area contributed by atoms with Gasteiger partial charge in [0.25, 0.3) is 0 Å². The van der Waals surface area contributed by atoms with Crippen molar-refractivity contribution < 1.29 is 35.5 Å². The average Bonchev–Trinajstić information content (AvgIpc) is 3.41. The first-order valence-corrected chi connectivity index (χ1v) is 13.2. The van der Waals surface area contributed by atoms with Crippen LogP contribution in [-0.4, -0.2) is 36.5 Å². The number of hydrogen-bond acceptors (Lipinski definition) is 6. The fraction of sp³-hybridized carbons (Fsp3) is 0.464. The van der Waals surface area contributed by atoms with Crippen molar-refractivity contribution in [3.05, 3.63) is 66.2 Å². The minimum atomic E-state index is -4.77. The lowest BCUT2D eigenvalue weighted by molar-refractivity contribution is -0.274. The normalized spacial score (nSPS) is 24.2. The van der Waals surface area contributed by atoms with Crippen LogP contribution in [-0.2, 0) is 11.7 Å². The smallest absolute Gasteiger partial charge is 0.439 e. The second-order valence-electron chi connectivity index (χ2n) is 10.4. The zero-order valence-electron chi connectivity index (χ0n) is 21.6. The molecule has 2 heterocycles. The van der Waals surface area contributed by atoms with Gasteiger partial charge in [0.15, 0.2) is 5.76 Å². The molecule has 1 aliphatic carbocycles. The highest BCUT2D eigenvalue weighted by atomic mass is 19.4. The van der Waals surface area contributed by atoms with E-state index in [1.165, 1.54) is 42.6 Å². The molecule has 216 valence electrons. The summed E-state index contributed by atoms with van der Waals surface area (Å²) in [5, 5.41) is 3.69. The Kier molecular flexibility index (Phi) is 7.75. The Morgan fingerprint density at radius 3 is 2.35 bits per heavy atom. The molecule has 0 amide bonds. The second-order valence-corrected chi connectivity index (χ2v) is 10.4. The molecule has 40 heavy (non-hydrogen) atoms. The highest BCUT2D eigenvalue weighted by Crippen LogP contribution is 2.38. The maximum atomic E-state index is 13.0. The number of benzene rings is 2. The molecule has 5 rings (SSSR count). The molecule has 1 saturated heterocycles. The molecule has 3 atom stereocenters. The standard InChI is InChI=1S/C28H30F6N4O2/c29-27(30,31)19-8-10-21(11-9-19)38-15-3-4-20(17-38)37-24-5-1-2-14-26(24,35)25-36-16-23(39-25)18-6-12-22(13-7-18)40-28(32,33)34/h6-13,16,20,24,37H,1-5,14-15,17,35H2. The molecule has 3 N–H and O–H groups in total. The molecule has 1 aliphatic heterocycles. The Morgan fingerprint density at radius 1 is 0.950 bits per heavy atom. The lowest BCUT2D eigenvalue weighted by atomic mass is 9.77. The Balaban J connectivity index is 1.28. The number of nitrogens with zero attached hydrogens (tertiary/aromatic N) is 2. The van der Waals surface area contributed by atoms with E-state index in [0.29, 0.717) is 30.2 Å². The number of anilines is 1. The molecule has 6 nitrogen and oxygen atoms in total. The van der Waals surface area contributed by atoms with E-state index in [9.17, 15) is 26.3 Å². The van der Waals surface area contributed by atoms with Crippen LogP contribution in [0.5, 0.6) is 5.75 Å². The van der Waals surface area contributed by atoms with Gasteiger partial charge < -0.3 is 25.1 Å². The van der Waals surface area contributed by atoms with Crippen molar-refractivity contribution in [3.63, 3.8) is 0 Å². The molecule has 2 aromatic carbocycles. The Morgan fingerprint density at radius 2 is 1.68 bits per heavy atom. The van der Waals surface area contributed by atoms with Crippen LogP contribution < -0.4 is 20.7 Å². The number of nitrogens with one attached hydrogen (secondary N) is 1. The van der Waals surface area contributed by atoms with Gasteiger partial charge in [-0.3, -0.25) is 0 Å². The summed E-state index contributed by atoms with van der Waals surface area (Å²) in [4.78, 5) is 6.54. The van der Waals surface area contributed by atoms with E-state index in [0.717, 1.165) is 56.5 Å². The van der Waals surface area contributed by atoms with Crippen molar-refractivity contribution in [2.45, 2.75) is 68.7 Å². The molecule has 1 aromatic heterocycles. The summed E-state index contributed by atoms with van der Waals surface area (Å²) in [6, 6.07) is 10.5. The van der Waals surface area contributed by atoms with Crippen LogP contribution >= 0.6 is 0 Å². The van der Waals surface area contributed by atoms with Crippen molar-refractivity contribution in [1.29, 1.82) is 0 Å². The van der Waals surface area contributed by atoms with Gasteiger partial charge in [-0.25, -0.2) is 4.98 Å². The number of alkyl halides is 6. The van der Waals surface area contributed by atoms with E-state index in [1.807, 2.05) is 0 Å². The first-order valence-electron chi connectivity index (χ1n) is 13.2. The molecular formula is C28H30F6N4O2. The van der Waals surface area contributed by atoms with E-state index < -0.39 is 23.6 Å². The van der Waals surface area contributed by atoms with Gasteiger partial charge in [0.2, 0.25) is 5.89 Å². The van der Waals surface area contributed by atoms with Crippen LogP contribution in [0.1, 0.15) is 50.0 Å². The maximum absolute atomic E-state index is 13.0. The fourth-order valence-electron chi connectivity index (χ4n) is 5.62. The van der Waals surface area contributed by atoms with Crippen molar-refractivity contribution in [2.24, 2.45) is 5.73 Å². The van der Waals surface area contributed by atoms with Crippen LogP contribution in [0.4, 0.5) is 32.0 Å². The topological polar surface area (TPSA) is 76.5 Å². The second kappa shape index (κ2) is 11.0. The first-order chi connectivity index (χ1) is 18.9. The first kappa shape index (κ1) is 28.3. The number of piperidine rings is 1. The summed E-state index contributed by atoms with van der Waals surface area (Å²) in [6.07, 6.45) is -2.57. The quantitative estimate of drug-likeness (QED) is 0.326. The summed E-state index contributed by atoms with van der Waals surface area (Å²) in [5.41, 5.74) is 6.66. The SMILES string of the molecule is NC1(c2ncc(-c3ccc(OC(F)(F)F)cc3)o2)CCCCC1NC1CCCN(c2ccc(C(F)(F)F)cc2)C1. The van der Waals surface area contributed by atoms with E-state index in [2.05, 4.69) is 19.9 Å².